The lowest BCUT2D eigenvalue weighted by Gasteiger charge is -2.28. The van der Waals surface area contributed by atoms with E-state index in [4.69, 9.17) is 9.47 Å². The van der Waals surface area contributed by atoms with E-state index >= 15 is 0 Å². The summed E-state index contributed by atoms with van der Waals surface area (Å²) in [5.41, 5.74) is 0.963. The summed E-state index contributed by atoms with van der Waals surface area (Å²) in [4.78, 5) is 25.3. The van der Waals surface area contributed by atoms with E-state index in [-0.39, 0.29) is 29.7 Å². The number of H-pyrrole nitrogens is 1. The fourth-order valence-electron chi connectivity index (χ4n) is 3.38. The summed E-state index contributed by atoms with van der Waals surface area (Å²) < 4.78 is 10.9. The molecular weight excluding hydrogens is 360 g/mol. The van der Waals surface area contributed by atoms with Gasteiger partial charge in [0.2, 0.25) is 0 Å². The van der Waals surface area contributed by atoms with Crippen molar-refractivity contribution in [1.29, 1.82) is 0 Å². The highest BCUT2D eigenvalue weighted by Crippen LogP contribution is 2.23. The van der Waals surface area contributed by atoms with Crippen molar-refractivity contribution in [3.63, 3.8) is 0 Å². The molecule has 150 valence electrons. The van der Waals surface area contributed by atoms with E-state index in [0.29, 0.717) is 23.6 Å². The zero-order valence-corrected chi connectivity index (χ0v) is 16.2. The average Bonchev–Trinajstić information content (AvgIpc) is 3.17. The highest BCUT2D eigenvalue weighted by Gasteiger charge is 2.25. The van der Waals surface area contributed by atoms with E-state index in [9.17, 15) is 9.59 Å². The van der Waals surface area contributed by atoms with Crippen LogP contribution in [0.2, 0.25) is 0 Å². The molecule has 1 aliphatic carbocycles. The molecule has 8 nitrogen and oxygen atoms in total. The van der Waals surface area contributed by atoms with Crippen LogP contribution in [0.5, 0.6) is 5.75 Å². The Morgan fingerprint density at radius 1 is 1.18 bits per heavy atom. The first-order chi connectivity index (χ1) is 13.6. The first-order valence-electron chi connectivity index (χ1n) is 9.52. The lowest BCUT2D eigenvalue weighted by atomic mass is 9.93. The van der Waals surface area contributed by atoms with Crippen molar-refractivity contribution in [2.45, 2.75) is 44.8 Å². The van der Waals surface area contributed by atoms with Gasteiger partial charge in [-0.3, -0.25) is 14.7 Å². The van der Waals surface area contributed by atoms with Gasteiger partial charge in [0, 0.05) is 13.2 Å². The van der Waals surface area contributed by atoms with E-state index in [1.807, 2.05) is 6.92 Å². The second-order valence-electron chi connectivity index (χ2n) is 6.72. The SMILES string of the molecule is CCOc1ccccc1C(=O)Nc1cn[nH]c1C(=O)NC1CCC(OC)CC1. The zero-order valence-electron chi connectivity index (χ0n) is 16.2. The molecule has 0 spiro atoms. The monoisotopic (exact) mass is 386 g/mol. The molecule has 3 N–H and O–H groups in total. The number of nitrogens with one attached hydrogen (secondary N) is 3. The molecule has 1 fully saturated rings. The standard InChI is InChI=1S/C20H26N4O4/c1-3-28-17-7-5-4-6-15(17)19(25)23-16-12-21-24-18(16)20(26)22-13-8-10-14(27-2)11-9-13/h4-7,12-14H,3,8-11H2,1-2H3,(H,21,24)(H,22,26)(H,23,25). The molecule has 28 heavy (non-hydrogen) atoms. The molecule has 2 aromatic rings. The number of carbonyl (C=O) groups excluding carboxylic acids is 2. The van der Waals surface area contributed by atoms with Crippen molar-refractivity contribution in [2.24, 2.45) is 0 Å². The number of aromatic nitrogens is 2. The van der Waals surface area contributed by atoms with Crippen LogP contribution >= 0.6 is 0 Å². The molecule has 1 aromatic carbocycles. The van der Waals surface area contributed by atoms with Crippen LogP contribution in [0.15, 0.2) is 30.5 Å². The van der Waals surface area contributed by atoms with Crippen LogP contribution in [0.1, 0.15) is 53.5 Å². The first-order valence-corrected chi connectivity index (χ1v) is 9.52. The normalized spacial score (nSPS) is 19.1. The Morgan fingerprint density at radius 3 is 2.64 bits per heavy atom. The summed E-state index contributed by atoms with van der Waals surface area (Å²) >= 11 is 0. The summed E-state index contributed by atoms with van der Waals surface area (Å²) in [6.07, 6.45) is 5.26. The number of rotatable bonds is 7. The van der Waals surface area contributed by atoms with Gasteiger partial charge in [0.05, 0.1) is 30.2 Å². The summed E-state index contributed by atoms with van der Waals surface area (Å²) in [7, 11) is 1.72. The Balaban J connectivity index is 1.65. The molecular formula is C20H26N4O4. The Morgan fingerprint density at radius 2 is 1.93 bits per heavy atom. The smallest absolute Gasteiger partial charge is 0.271 e. The van der Waals surface area contributed by atoms with Gasteiger partial charge in [-0.1, -0.05) is 12.1 Å². The molecule has 1 aromatic heterocycles. The van der Waals surface area contributed by atoms with E-state index in [0.717, 1.165) is 25.7 Å². The number of methoxy groups -OCH3 is 1. The quantitative estimate of drug-likeness (QED) is 0.679. The Hall–Kier alpha value is -2.87. The summed E-state index contributed by atoms with van der Waals surface area (Å²) in [6, 6.07) is 7.06. The second kappa shape index (κ2) is 9.36. The molecule has 3 rings (SSSR count). The predicted octanol–water partition coefficient (Wildman–Crippen LogP) is 2.75. The van der Waals surface area contributed by atoms with E-state index in [2.05, 4.69) is 20.8 Å². The number of anilines is 1. The molecule has 0 unspecified atom stereocenters. The van der Waals surface area contributed by atoms with Crippen LogP contribution in [-0.2, 0) is 4.74 Å². The predicted molar refractivity (Wildman–Crippen MR) is 105 cm³/mol. The summed E-state index contributed by atoms with van der Waals surface area (Å²) in [5, 5.41) is 12.3. The fourth-order valence-corrected chi connectivity index (χ4v) is 3.38. The number of para-hydroxylation sites is 1. The molecule has 0 atom stereocenters. The van der Waals surface area contributed by atoms with Gasteiger partial charge in [-0.2, -0.15) is 5.10 Å². The van der Waals surface area contributed by atoms with Gasteiger partial charge in [0.25, 0.3) is 11.8 Å². The Labute approximate surface area is 164 Å². The first kappa shape index (κ1) is 19.9. The molecule has 1 aliphatic rings. The second-order valence-corrected chi connectivity index (χ2v) is 6.72. The minimum Gasteiger partial charge on any atom is -0.493 e. The topological polar surface area (TPSA) is 105 Å². The summed E-state index contributed by atoms with van der Waals surface area (Å²) in [5.74, 6) is -0.154. The average molecular weight is 386 g/mol. The highest BCUT2D eigenvalue weighted by atomic mass is 16.5. The fraction of sp³-hybridized carbons (Fsp3) is 0.450. The lowest BCUT2D eigenvalue weighted by Crippen LogP contribution is -2.39. The van der Waals surface area contributed by atoms with Crippen molar-refractivity contribution in [1.82, 2.24) is 15.5 Å². The third-order valence-electron chi connectivity index (χ3n) is 4.89. The molecule has 1 saturated carbocycles. The summed E-state index contributed by atoms with van der Waals surface area (Å²) in [6.45, 7) is 2.31. The number of ether oxygens (including phenoxy) is 2. The molecule has 0 bridgehead atoms. The number of aromatic amines is 1. The van der Waals surface area contributed by atoms with Gasteiger partial charge in [-0.15, -0.1) is 0 Å². The number of nitrogens with zero attached hydrogens (tertiary/aromatic N) is 1. The maximum absolute atomic E-state index is 12.7. The van der Waals surface area contributed by atoms with Crippen LogP contribution in [0.25, 0.3) is 0 Å². The van der Waals surface area contributed by atoms with Crippen molar-refractivity contribution >= 4 is 17.5 Å². The third kappa shape index (κ3) is 4.69. The van der Waals surface area contributed by atoms with E-state index in [1.165, 1.54) is 6.20 Å². The third-order valence-corrected chi connectivity index (χ3v) is 4.89. The molecule has 8 heteroatoms. The molecule has 0 saturated heterocycles. The van der Waals surface area contributed by atoms with Crippen molar-refractivity contribution in [3.05, 3.63) is 41.7 Å². The molecule has 0 radical (unpaired) electrons. The maximum atomic E-state index is 12.7. The number of hydrogen-bond donors (Lipinski definition) is 3. The molecule has 1 heterocycles. The number of benzene rings is 1. The van der Waals surface area contributed by atoms with Gasteiger partial charge < -0.3 is 20.1 Å². The molecule has 0 aliphatic heterocycles. The number of carbonyl (C=O) groups is 2. The van der Waals surface area contributed by atoms with Gasteiger partial charge in [0.1, 0.15) is 11.4 Å². The van der Waals surface area contributed by atoms with Crippen LogP contribution in [0.3, 0.4) is 0 Å². The van der Waals surface area contributed by atoms with E-state index in [1.54, 1.807) is 31.4 Å². The van der Waals surface area contributed by atoms with Crippen LogP contribution in [0, 0.1) is 0 Å². The van der Waals surface area contributed by atoms with E-state index < -0.39 is 0 Å². The maximum Gasteiger partial charge on any atom is 0.271 e. The Bertz CT molecular complexity index is 812. The van der Waals surface area contributed by atoms with Crippen molar-refractivity contribution < 1.29 is 19.1 Å². The van der Waals surface area contributed by atoms with Gasteiger partial charge in [0.15, 0.2) is 0 Å². The number of hydrogen-bond acceptors (Lipinski definition) is 5. The lowest BCUT2D eigenvalue weighted by molar-refractivity contribution is 0.0598. The Kier molecular flexibility index (Phi) is 6.65. The van der Waals surface area contributed by atoms with Gasteiger partial charge >= 0.3 is 0 Å². The molecule has 2 amide bonds. The van der Waals surface area contributed by atoms with Gasteiger partial charge in [-0.25, -0.2) is 0 Å². The number of amides is 2. The minimum atomic E-state index is -0.361. The van der Waals surface area contributed by atoms with Crippen molar-refractivity contribution in [3.8, 4) is 5.75 Å². The highest BCUT2D eigenvalue weighted by molar-refractivity contribution is 6.09. The largest absolute Gasteiger partial charge is 0.493 e. The van der Waals surface area contributed by atoms with Crippen LogP contribution < -0.4 is 15.4 Å². The van der Waals surface area contributed by atoms with Crippen molar-refractivity contribution in [2.75, 3.05) is 19.0 Å². The minimum absolute atomic E-state index is 0.0874. The van der Waals surface area contributed by atoms with Gasteiger partial charge in [-0.05, 0) is 44.7 Å². The van der Waals surface area contributed by atoms with Crippen LogP contribution in [-0.4, -0.2) is 47.9 Å². The zero-order chi connectivity index (χ0) is 19.9. The van der Waals surface area contributed by atoms with Crippen LogP contribution in [0.4, 0.5) is 5.69 Å².